The molecule has 1 aromatic heterocycles. The van der Waals surface area contributed by atoms with Crippen molar-refractivity contribution in [2.24, 2.45) is 5.92 Å². The van der Waals surface area contributed by atoms with Crippen LogP contribution in [-0.2, 0) is 6.54 Å². The van der Waals surface area contributed by atoms with Gasteiger partial charge in [0, 0.05) is 24.8 Å². The second-order valence-electron chi connectivity index (χ2n) is 5.82. The van der Waals surface area contributed by atoms with Gasteiger partial charge in [-0.1, -0.05) is 6.07 Å². The summed E-state index contributed by atoms with van der Waals surface area (Å²) in [4.78, 5) is 6.89. The van der Waals surface area contributed by atoms with Gasteiger partial charge in [-0.25, -0.2) is 0 Å². The molecular weight excluding hydrogens is 222 g/mol. The first-order valence-electron chi connectivity index (χ1n) is 7.16. The molecule has 0 saturated heterocycles. The van der Waals surface area contributed by atoms with Crippen LogP contribution in [0.25, 0.3) is 0 Å². The van der Waals surface area contributed by atoms with Gasteiger partial charge in [-0.2, -0.15) is 0 Å². The van der Waals surface area contributed by atoms with E-state index in [1.54, 1.807) is 0 Å². The highest BCUT2D eigenvalue weighted by Crippen LogP contribution is 2.32. The molecule has 0 aromatic carbocycles. The Labute approximate surface area is 110 Å². The minimum absolute atomic E-state index is 0.748. The Bertz CT molecular complexity index is 375. The maximum atomic E-state index is 4.41. The molecule has 3 rings (SSSR count). The van der Waals surface area contributed by atoms with Crippen molar-refractivity contribution >= 4 is 0 Å². The smallest absolute Gasteiger partial charge is 0.0543 e. The number of rotatable bonds is 6. The third kappa shape index (κ3) is 2.90. The van der Waals surface area contributed by atoms with E-state index in [1.807, 2.05) is 12.3 Å². The summed E-state index contributed by atoms with van der Waals surface area (Å²) in [6.07, 6.45) is 7.40. The Balaban J connectivity index is 1.47. The summed E-state index contributed by atoms with van der Waals surface area (Å²) in [6.45, 7) is 2.19. The van der Waals surface area contributed by atoms with Crippen molar-refractivity contribution in [3.8, 4) is 0 Å². The molecule has 2 aliphatic rings. The van der Waals surface area contributed by atoms with Crippen LogP contribution in [-0.4, -0.2) is 35.6 Å². The monoisotopic (exact) mass is 245 g/mol. The van der Waals surface area contributed by atoms with Gasteiger partial charge in [0.2, 0.25) is 0 Å². The third-order valence-electron chi connectivity index (χ3n) is 4.33. The largest absolute Gasteiger partial charge is 0.314 e. The Morgan fingerprint density at radius 2 is 2.17 bits per heavy atom. The molecule has 1 aromatic rings. The highest BCUT2D eigenvalue weighted by Gasteiger charge is 2.34. The van der Waals surface area contributed by atoms with Crippen LogP contribution in [0.4, 0.5) is 0 Å². The van der Waals surface area contributed by atoms with E-state index in [2.05, 4.69) is 34.4 Å². The van der Waals surface area contributed by atoms with Crippen molar-refractivity contribution in [2.45, 2.75) is 44.3 Å². The second-order valence-corrected chi connectivity index (χ2v) is 5.82. The Kier molecular flexibility index (Phi) is 3.62. The van der Waals surface area contributed by atoms with Crippen molar-refractivity contribution in [2.75, 3.05) is 13.6 Å². The molecule has 2 atom stereocenters. The zero-order valence-electron chi connectivity index (χ0n) is 11.2. The standard InChI is InChI=1S/C15H23N3/c1-18(11-14-4-2-3-9-16-14)15-8-5-12(15)10-17-13-6-7-13/h2-4,9,12-13,15,17H,5-8,10-11H2,1H3. The average molecular weight is 245 g/mol. The third-order valence-corrected chi connectivity index (χ3v) is 4.33. The summed E-state index contributed by atoms with van der Waals surface area (Å²) in [6, 6.07) is 7.76. The Morgan fingerprint density at radius 1 is 1.28 bits per heavy atom. The Hall–Kier alpha value is -0.930. The highest BCUT2D eigenvalue weighted by molar-refractivity contribution is 5.04. The predicted molar refractivity (Wildman–Crippen MR) is 73.2 cm³/mol. The van der Waals surface area contributed by atoms with Crippen LogP contribution < -0.4 is 5.32 Å². The van der Waals surface area contributed by atoms with Crippen LogP contribution in [0.5, 0.6) is 0 Å². The van der Waals surface area contributed by atoms with Crippen molar-refractivity contribution < 1.29 is 0 Å². The molecule has 2 aliphatic carbocycles. The molecule has 98 valence electrons. The molecule has 3 nitrogen and oxygen atoms in total. The fourth-order valence-corrected chi connectivity index (χ4v) is 2.84. The lowest BCUT2D eigenvalue weighted by Crippen LogP contribution is -2.48. The maximum absolute atomic E-state index is 4.41. The van der Waals surface area contributed by atoms with E-state index in [0.717, 1.165) is 24.5 Å². The number of hydrogen-bond donors (Lipinski definition) is 1. The lowest BCUT2D eigenvalue weighted by atomic mass is 9.78. The van der Waals surface area contributed by atoms with Gasteiger partial charge in [-0.15, -0.1) is 0 Å². The molecule has 0 aliphatic heterocycles. The van der Waals surface area contributed by atoms with Gasteiger partial charge in [0.05, 0.1) is 5.69 Å². The van der Waals surface area contributed by atoms with Crippen molar-refractivity contribution in [3.63, 3.8) is 0 Å². The molecule has 0 amide bonds. The molecule has 2 saturated carbocycles. The zero-order valence-corrected chi connectivity index (χ0v) is 11.2. The van der Waals surface area contributed by atoms with Gasteiger partial charge in [0.15, 0.2) is 0 Å². The summed E-state index contributed by atoms with van der Waals surface area (Å²) in [5, 5.41) is 3.66. The van der Waals surface area contributed by atoms with Gasteiger partial charge < -0.3 is 5.32 Å². The highest BCUT2D eigenvalue weighted by atomic mass is 15.2. The van der Waals surface area contributed by atoms with E-state index in [-0.39, 0.29) is 0 Å². The minimum atomic E-state index is 0.748. The zero-order chi connectivity index (χ0) is 12.4. The molecule has 2 fully saturated rings. The van der Waals surface area contributed by atoms with Gasteiger partial charge >= 0.3 is 0 Å². The first kappa shape index (κ1) is 12.1. The van der Waals surface area contributed by atoms with Crippen molar-refractivity contribution in [3.05, 3.63) is 30.1 Å². The molecule has 18 heavy (non-hydrogen) atoms. The summed E-state index contributed by atoms with van der Waals surface area (Å²) in [5.41, 5.74) is 1.18. The van der Waals surface area contributed by atoms with E-state index in [1.165, 1.54) is 37.9 Å². The van der Waals surface area contributed by atoms with Crippen LogP contribution >= 0.6 is 0 Å². The fourth-order valence-electron chi connectivity index (χ4n) is 2.84. The first-order valence-corrected chi connectivity index (χ1v) is 7.16. The SMILES string of the molecule is CN(Cc1ccccn1)C1CCC1CNC1CC1. The van der Waals surface area contributed by atoms with Gasteiger partial charge in [0.1, 0.15) is 0 Å². The minimum Gasteiger partial charge on any atom is -0.314 e. The molecule has 0 bridgehead atoms. The number of nitrogens with one attached hydrogen (secondary N) is 1. The average Bonchev–Trinajstić information content (AvgIpc) is 3.13. The number of nitrogens with zero attached hydrogens (tertiary/aromatic N) is 2. The van der Waals surface area contributed by atoms with E-state index in [0.29, 0.717) is 0 Å². The maximum Gasteiger partial charge on any atom is 0.0543 e. The van der Waals surface area contributed by atoms with Crippen LogP contribution in [0, 0.1) is 5.92 Å². The van der Waals surface area contributed by atoms with Gasteiger partial charge in [-0.05, 0) is 57.3 Å². The lowest BCUT2D eigenvalue weighted by molar-refractivity contribution is 0.0769. The molecule has 1 heterocycles. The quantitative estimate of drug-likeness (QED) is 0.831. The summed E-state index contributed by atoms with van der Waals surface area (Å²) in [7, 11) is 2.24. The molecule has 0 radical (unpaired) electrons. The summed E-state index contributed by atoms with van der Waals surface area (Å²) < 4.78 is 0. The number of pyridine rings is 1. The van der Waals surface area contributed by atoms with E-state index < -0.39 is 0 Å². The molecule has 2 unspecified atom stereocenters. The van der Waals surface area contributed by atoms with E-state index >= 15 is 0 Å². The number of hydrogen-bond acceptors (Lipinski definition) is 3. The Morgan fingerprint density at radius 3 is 2.78 bits per heavy atom. The van der Waals surface area contributed by atoms with Crippen LogP contribution in [0.2, 0.25) is 0 Å². The second kappa shape index (κ2) is 5.37. The molecular formula is C15H23N3. The molecule has 1 N–H and O–H groups in total. The van der Waals surface area contributed by atoms with Gasteiger partial charge in [0.25, 0.3) is 0 Å². The predicted octanol–water partition coefficient (Wildman–Crippen LogP) is 2.04. The molecule has 3 heteroatoms. The lowest BCUT2D eigenvalue weighted by Gasteiger charge is -2.43. The number of aromatic nitrogens is 1. The van der Waals surface area contributed by atoms with Crippen LogP contribution in [0.1, 0.15) is 31.4 Å². The van der Waals surface area contributed by atoms with Crippen LogP contribution in [0.3, 0.4) is 0 Å². The fraction of sp³-hybridized carbons (Fsp3) is 0.667. The van der Waals surface area contributed by atoms with Crippen molar-refractivity contribution in [1.82, 2.24) is 15.2 Å². The van der Waals surface area contributed by atoms with Crippen molar-refractivity contribution in [1.29, 1.82) is 0 Å². The first-order chi connectivity index (χ1) is 8.83. The normalized spacial score (nSPS) is 27.2. The topological polar surface area (TPSA) is 28.2 Å². The molecule has 0 spiro atoms. The van der Waals surface area contributed by atoms with E-state index in [9.17, 15) is 0 Å². The van der Waals surface area contributed by atoms with E-state index in [4.69, 9.17) is 0 Å². The van der Waals surface area contributed by atoms with Gasteiger partial charge in [-0.3, -0.25) is 9.88 Å². The summed E-state index contributed by atoms with van der Waals surface area (Å²) in [5.74, 6) is 0.847. The summed E-state index contributed by atoms with van der Waals surface area (Å²) >= 11 is 0. The van der Waals surface area contributed by atoms with Crippen LogP contribution in [0.15, 0.2) is 24.4 Å².